The lowest BCUT2D eigenvalue weighted by Crippen LogP contribution is -2.29. The molecule has 0 radical (unpaired) electrons. The molecule has 0 saturated carbocycles. The van der Waals surface area contributed by atoms with Gasteiger partial charge in [0, 0.05) is 31.7 Å². The Bertz CT molecular complexity index is 845. The first kappa shape index (κ1) is 17.7. The molecule has 4 nitrogen and oxygen atoms in total. The number of nitrogens with zero attached hydrogens (tertiary/aromatic N) is 2. The van der Waals surface area contributed by atoms with Gasteiger partial charge in [0.05, 0.1) is 6.04 Å². The SMILES string of the molecule is CN(C)c1cccc(C2CCCN2S(=O)(=O)C=Cc2ccccc2)c1. The van der Waals surface area contributed by atoms with Gasteiger partial charge in [-0.3, -0.25) is 0 Å². The maximum atomic E-state index is 12.8. The van der Waals surface area contributed by atoms with E-state index in [4.69, 9.17) is 0 Å². The van der Waals surface area contributed by atoms with Gasteiger partial charge in [-0.2, -0.15) is 4.31 Å². The van der Waals surface area contributed by atoms with Crippen LogP contribution in [-0.4, -0.2) is 33.4 Å². The second kappa shape index (κ2) is 7.42. The Balaban J connectivity index is 1.85. The van der Waals surface area contributed by atoms with Gasteiger partial charge in [-0.25, -0.2) is 8.42 Å². The summed E-state index contributed by atoms with van der Waals surface area (Å²) in [5, 5.41) is 1.33. The first-order valence-electron chi connectivity index (χ1n) is 8.50. The van der Waals surface area contributed by atoms with Gasteiger partial charge in [0.25, 0.3) is 0 Å². The van der Waals surface area contributed by atoms with Crippen LogP contribution in [0.3, 0.4) is 0 Å². The van der Waals surface area contributed by atoms with Crippen LogP contribution < -0.4 is 4.90 Å². The predicted molar refractivity (Wildman–Crippen MR) is 104 cm³/mol. The standard InChI is InChI=1S/C20H24N2O2S/c1-21(2)19-11-6-10-18(16-19)20-12-7-14-22(20)25(23,24)15-13-17-8-4-3-5-9-17/h3-6,8-11,13,15-16,20H,7,12,14H2,1-2H3. The van der Waals surface area contributed by atoms with Gasteiger partial charge in [-0.15, -0.1) is 0 Å². The average Bonchev–Trinajstić information content (AvgIpc) is 3.12. The predicted octanol–water partition coefficient (Wildman–Crippen LogP) is 3.89. The molecule has 1 aliphatic rings. The van der Waals surface area contributed by atoms with Crippen LogP contribution in [0.1, 0.15) is 30.0 Å². The van der Waals surface area contributed by atoms with E-state index < -0.39 is 10.0 Å². The molecule has 0 aliphatic carbocycles. The van der Waals surface area contributed by atoms with Crippen LogP contribution in [0.4, 0.5) is 5.69 Å². The number of benzene rings is 2. The molecule has 1 heterocycles. The summed E-state index contributed by atoms with van der Waals surface area (Å²) in [6.07, 6.45) is 3.41. The number of rotatable bonds is 5. The van der Waals surface area contributed by atoms with Crippen LogP contribution in [0, 0.1) is 0 Å². The van der Waals surface area contributed by atoms with Crippen molar-refractivity contribution in [3.05, 3.63) is 71.1 Å². The van der Waals surface area contributed by atoms with E-state index in [1.54, 1.807) is 10.4 Å². The monoisotopic (exact) mass is 356 g/mol. The summed E-state index contributed by atoms with van der Waals surface area (Å²) in [5.74, 6) is 0. The zero-order valence-corrected chi connectivity index (χ0v) is 15.5. The molecule has 132 valence electrons. The largest absolute Gasteiger partial charge is 0.378 e. The van der Waals surface area contributed by atoms with Gasteiger partial charge in [-0.05, 0) is 42.2 Å². The van der Waals surface area contributed by atoms with E-state index in [0.717, 1.165) is 29.7 Å². The summed E-state index contributed by atoms with van der Waals surface area (Å²) in [4.78, 5) is 2.03. The summed E-state index contributed by atoms with van der Waals surface area (Å²) in [7, 11) is 0.532. The van der Waals surface area contributed by atoms with E-state index in [0.29, 0.717) is 6.54 Å². The van der Waals surface area contributed by atoms with Gasteiger partial charge in [0.15, 0.2) is 0 Å². The lowest BCUT2D eigenvalue weighted by molar-refractivity contribution is 0.403. The van der Waals surface area contributed by atoms with Crippen molar-refractivity contribution in [2.75, 3.05) is 25.5 Å². The van der Waals surface area contributed by atoms with Gasteiger partial charge in [0.2, 0.25) is 10.0 Å². The smallest absolute Gasteiger partial charge is 0.236 e. The Kier molecular flexibility index (Phi) is 5.25. The number of hydrogen-bond donors (Lipinski definition) is 0. The van der Waals surface area contributed by atoms with E-state index in [-0.39, 0.29) is 6.04 Å². The van der Waals surface area contributed by atoms with Gasteiger partial charge in [0.1, 0.15) is 0 Å². The minimum atomic E-state index is -3.45. The fraction of sp³-hybridized carbons (Fsp3) is 0.300. The highest BCUT2D eigenvalue weighted by Crippen LogP contribution is 2.36. The molecule has 2 aromatic rings. The summed E-state index contributed by atoms with van der Waals surface area (Å²) < 4.78 is 27.3. The molecule has 0 aromatic heterocycles. The molecule has 1 fully saturated rings. The Morgan fingerprint density at radius 1 is 1.08 bits per heavy atom. The highest BCUT2D eigenvalue weighted by Gasteiger charge is 2.33. The van der Waals surface area contributed by atoms with Crippen LogP contribution in [0.2, 0.25) is 0 Å². The molecule has 0 spiro atoms. The first-order chi connectivity index (χ1) is 12.0. The molecule has 1 atom stereocenters. The number of sulfonamides is 1. The molecular weight excluding hydrogens is 332 g/mol. The van der Waals surface area contributed by atoms with Crippen LogP contribution in [0.15, 0.2) is 60.0 Å². The lowest BCUT2D eigenvalue weighted by Gasteiger charge is -2.24. The minimum absolute atomic E-state index is 0.0923. The van der Waals surface area contributed by atoms with E-state index in [2.05, 4.69) is 6.07 Å². The molecule has 3 rings (SSSR count). The zero-order chi connectivity index (χ0) is 17.9. The Morgan fingerprint density at radius 2 is 1.84 bits per heavy atom. The van der Waals surface area contributed by atoms with E-state index in [9.17, 15) is 8.42 Å². The topological polar surface area (TPSA) is 40.6 Å². The average molecular weight is 356 g/mol. The zero-order valence-electron chi connectivity index (χ0n) is 14.7. The van der Waals surface area contributed by atoms with Crippen molar-refractivity contribution in [1.29, 1.82) is 0 Å². The molecule has 1 unspecified atom stereocenters. The van der Waals surface area contributed by atoms with Crippen LogP contribution in [-0.2, 0) is 10.0 Å². The molecule has 5 heteroatoms. The second-order valence-electron chi connectivity index (χ2n) is 6.52. The highest BCUT2D eigenvalue weighted by atomic mass is 32.2. The normalized spacial score (nSPS) is 18.7. The fourth-order valence-corrected chi connectivity index (χ4v) is 4.65. The Labute approximate surface area is 150 Å². The van der Waals surface area contributed by atoms with Crippen LogP contribution in [0.25, 0.3) is 6.08 Å². The van der Waals surface area contributed by atoms with E-state index in [1.807, 2.05) is 67.5 Å². The van der Waals surface area contributed by atoms with E-state index >= 15 is 0 Å². The van der Waals surface area contributed by atoms with Crippen LogP contribution >= 0.6 is 0 Å². The van der Waals surface area contributed by atoms with E-state index in [1.165, 1.54) is 5.41 Å². The molecule has 1 saturated heterocycles. The van der Waals surface area contributed by atoms with Crippen molar-refractivity contribution >= 4 is 21.8 Å². The second-order valence-corrected chi connectivity index (χ2v) is 8.29. The molecule has 0 bridgehead atoms. The Morgan fingerprint density at radius 3 is 2.56 bits per heavy atom. The summed E-state index contributed by atoms with van der Waals surface area (Å²) in [6, 6.07) is 17.6. The first-order valence-corrected chi connectivity index (χ1v) is 10.00. The number of anilines is 1. The fourth-order valence-electron chi connectivity index (χ4n) is 3.19. The van der Waals surface area contributed by atoms with Crippen molar-refractivity contribution in [2.45, 2.75) is 18.9 Å². The molecule has 2 aromatic carbocycles. The molecule has 25 heavy (non-hydrogen) atoms. The third-order valence-corrected chi connectivity index (χ3v) is 6.10. The van der Waals surface area contributed by atoms with Crippen molar-refractivity contribution in [2.24, 2.45) is 0 Å². The highest BCUT2D eigenvalue weighted by molar-refractivity contribution is 7.92. The van der Waals surface area contributed by atoms with Gasteiger partial charge < -0.3 is 4.90 Å². The summed E-state index contributed by atoms with van der Waals surface area (Å²) in [6.45, 7) is 0.568. The summed E-state index contributed by atoms with van der Waals surface area (Å²) in [5.41, 5.74) is 3.03. The molecule has 0 amide bonds. The van der Waals surface area contributed by atoms with Crippen molar-refractivity contribution < 1.29 is 8.42 Å². The third-order valence-electron chi connectivity index (χ3n) is 4.53. The maximum Gasteiger partial charge on any atom is 0.236 e. The van der Waals surface area contributed by atoms with Crippen molar-refractivity contribution in [3.63, 3.8) is 0 Å². The molecule has 1 aliphatic heterocycles. The number of hydrogen-bond acceptors (Lipinski definition) is 3. The quantitative estimate of drug-likeness (QED) is 0.816. The molecular formula is C20H24N2O2S. The Hall–Kier alpha value is -2.11. The maximum absolute atomic E-state index is 12.8. The van der Waals surface area contributed by atoms with Crippen molar-refractivity contribution in [1.82, 2.24) is 4.31 Å². The minimum Gasteiger partial charge on any atom is -0.378 e. The van der Waals surface area contributed by atoms with Crippen molar-refractivity contribution in [3.8, 4) is 0 Å². The lowest BCUT2D eigenvalue weighted by atomic mass is 10.0. The van der Waals surface area contributed by atoms with Gasteiger partial charge in [-0.1, -0.05) is 42.5 Å². The van der Waals surface area contributed by atoms with Gasteiger partial charge >= 0.3 is 0 Å². The molecule has 0 N–H and O–H groups in total. The summed E-state index contributed by atoms with van der Waals surface area (Å²) >= 11 is 0. The third kappa shape index (κ3) is 4.11. The van der Waals surface area contributed by atoms with Crippen LogP contribution in [0.5, 0.6) is 0 Å².